The minimum absolute atomic E-state index is 0.0145. The van der Waals surface area contributed by atoms with Crippen LogP contribution in [0.3, 0.4) is 0 Å². The number of ketones is 1. The summed E-state index contributed by atoms with van der Waals surface area (Å²) in [6.07, 6.45) is 6.33. The fraction of sp³-hybridized carbons (Fsp3) is 0.552. The number of sulfonamides is 1. The van der Waals surface area contributed by atoms with Crippen LogP contribution in [0.25, 0.3) is 22.4 Å². The van der Waals surface area contributed by atoms with Crippen LogP contribution in [-0.4, -0.2) is 73.1 Å². The molecule has 1 saturated heterocycles. The van der Waals surface area contributed by atoms with Crippen molar-refractivity contribution in [1.29, 1.82) is 0 Å². The maximum Gasteiger partial charge on any atom is 0.211 e. The van der Waals surface area contributed by atoms with Crippen LogP contribution in [0, 0.1) is 5.41 Å². The smallest absolute Gasteiger partial charge is 0.211 e. The molecular formula is C29H43N5O4SSi. The molecule has 4 rings (SSSR count). The van der Waals surface area contributed by atoms with E-state index in [4.69, 9.17) is 14.7 Å². The monoisotopic (exact) mass is 585 g/mol. The molecule has 1 fully saturated rings. The minimum Gasteiger partial charge on any atom is -0.382 e. The van der Waals surface area contributed by atoms with Crippen molar-refractivity contribution in [3.63, 3.8) is 0 Å². The highest BCUT2D eigenvalue weighted by atomic mass is 32.2. The van der Waals surface area contributed by atoms with Gasteiger partial charge in [0.15, 0.2) is 11.4 Å². The van der Waals surface area contributed by atoms with E-state index in [0.29, 0.717) is 48.8 Å². The molecule has 0 bridgehead atoms. The van der Waals surface area contributed by atoms with E-state index in [9.17, 15) is 13.2 Å². The van der Waals surface area contributed by atoms with Crippen LogP contribution >= 0.6 is 0 Å². The first-order valence-corrected chi connectivity index (χ1v) is 19.5. The minimum atomic E-state index is -3.15. The van der Waals surface area contributed by atoms with Crippen LogP contribution in [0.1, 0.15) is 44.0 Å². The molecule has 0 aliphatic carbocycles. The molecule has 1 N–H and O–H groups in total. The number of rotatable bonds is 10. The fourth-order valence-electron chi connectivity index (χ4n) is 4.74. The lowest BCUT2D eigenvalue weighted by Gasteiger charge is -2.31. The van der Waals surface area contributed by atoms with Gasteiger partial charge in [-0.05, 0) is 31.0 Å². The number of benzene rings is 1. The van der Waals surface area contributed by atoms with Gasteiger partial charge in [0.1, 0.15) is 12.2 Å². The zero-order valence-corrected chi connectivity index (χ0v) is 26.6. The van der Waals surface area contributed by atoms with Gasteiger partial charge in [0.2, 0.25) is 10.0 Å². The van der Waals surface area contributed by atoms with Crippen LogP contribution < -0.4 is 5.32 Å². The van der Waals surface area contributed by atoms with Crippen LogP contribution in [0.15, 0.2) is 36.7 Å². The third-order valence-corrected chi connectivity index (χ3v) is 10.2. The topological polar surface area (TPSA) is 106 Å². The first-order chi connectivity index (χ1) is 18.6. The molecule has 2 aromatic heterocycles. The van der Waals surface area contributed by atoms with Crippen LogP contribution in [-0.2, 0) is 21.5 Å². The number of hydrogen-bond donors (Lipinski definition) is 1. The molecule has 0 unspecified atom stereocenters. The van der Waals surface area contributed by atoms with Gasteiger partial charge in [0.25, 0.3) is 0 Å². The first kappa shape index (κ1) is 30.4. The molecule has 0 saturated carbocycles. The summed E-state index contributed by atoms with van der Waals surface area (Å²) in [6.45, 7) is 14.7. The molecule has 11 heteroatoms. The van der Waals surface area contributed by atoms with Crippen molar-refractivity contribution in [2.75, 3.05) is 31.3 Å². The maximum atomic E-state index is 13.4. The Hall–Kier alpha value is -2.60. The Kier molecular flexibility index (Phi) is 8.89. The predicted octanol–water partition coefficient (Wildman–Crippen LogP) is 5.48. The van der Waals surface area contributed by atoms with Crippen LogP contribution in [0.5, 0.6) is 0 Å². The summed E-state index contributed by atoms with van der Waals surface area (Å²) in [4.78, 5) is 23.1. The molecule has 1 aliphatic rings. The number of fused-ring (bicyclic) bond motifs is 1. The summed E-state index contributed by atoms with van der Waals surface area (Å²) in [5.41, 5.74) is 3.72. The number of nitrogens with one attached hydrogen (secondary N) is 1. The van der Waals surface area contributed by atoms with Crippen molar-refractivity contribution in [1.82, 2.24) is 18.8 Å². The summed E-state index contributed by atoms with van der Waals surface area (Å²) in [5.74, 6) is 0.0145. The van der Waals surface area contributed by atoms with Crippen molar-refractivity contribution in [2.45, 2.75) is 72.1 Å². The molecule has 1 aliphatic heterocycles. The summed E-state index contributed by atoms with van der Waals surface area (Å²) < 4.78 is 33.1. The van der Waals surface area contributed by atoms with Crippen molar-refractivity contribution in [3.8, 4) is 11.3 Å². The molecule has 1 aromatic carbocycles. The van der Waals surface area contributed by atoms with E-state index in [-0.39, 0.29) is 11.8 Å². The molecule has 0 spiro atoms. The zero-order chi connectivity index (χ0) is 29.3. The first-order valence-electron chi connectivity index (χ1n) is 13.9. The molecule has 0 radical (unpaired) electrons. The van der Waals surface area contributed by atoms with Gasteiger partial charge >= 0.3 is 0 Å². The van der Waals surface area contributed by atoms with Crippen molar-refractivity contribution in [2.24, 2.45) is 5.41 Å². The highest BCUT2D eigenvalue weighted by molar-refractivity contribution is 7.88. The van der Waals surface area contributed by atoms with Crippen molar-refractivity contribution in [3.05, 3.63) is 42.2 Å². The van der Waals surface area contributed by atoms with E-state index in [0.717, 1.165) is 30.1 Å². The maximum absolute atomic E-state index is 13.4. The second-order valence-corrected chi connectivity index (χ2v) is 20.6. The molecule has 218 valence electrons. The zero-order valence-electron chi connectivity index (χ0n) is 24.8. The number of anilines is 1. The van der Waals surface area contributed by atoms with Crippen molar-refractivity contribution >= 4 is 40.7 Å². The van der Waals surface area contributed by atoms with Gasteiger partial charge in [-0.1, -0.05) is 52.5 Å². The lowest BCUT2D eigenvalue weighted by Crippen LogP contribution is -2.41. The summed E-state index contributed by atoms with van der Waals surface area (Å²) in [6, 6.07) is 9.23. The van der Waals surface area contributed by atoms with E-state index in [2.05, 4.69) is 25.0 Å². The Labute approximate surface area is 239 Å². The number of carbonyl (C=O) groups is 1. The van der Waals surface area contributed by atoms with Gasteiger partial charge in [-0.2, -0.15) is 0 Å². The second-order valence-electron chi connectivity index (χ2n) is 13.0. The second kappa shape index (κ2) is 11.7. The van der Waals surface area contributed by atoms with E-state index in [1.165, 1.54) is 10.6 Å². The van der Waals surface area contributed by atoms with Crippen LogP contribution in [0.4, 0.5) is 5.69 Å². The quantitative estimate of drug-likeness (QED) is 0.191. The van der Waals surface area contributed by atoms with E-state index in [1.807, 2.05) is 55.8 Å². The Bertz CT molecular complexity index is 1470. The van der Waals surface area contributed by atoms with Crippen molar-refractivity contribution < 1.29 is 17.9 Å². The van der Waals surface area contributed by atoms with E-state index in [1.54, 1.807) is 6.20 Å². The highest BCUT2D eigenvalue weighted by Crippen LogP contribution is 2.30. The number of ether oxygens (including phenoxy) is 1. The van der Waals surface area contributed by atoms with Gasteiger partial charge in [0, 0.05) is 56.7 Å². The molecule has 3 aromatic rings. The molecule has 40 heavy (non-hydrogen) atoms. The van der Waals surface area contributed by atoms with Gasteiger partial charge in [-0.3, -0.25) is 4.79 Å². The molecule has 0 atom stereocenters. The fourth-order valence-corrected chi connectivity index (χ4v) is 6.37. The molecule has 9 nitrogen and oxygen atoms in total. The van der Waals surface area contributed by atoms with Gasteiger partial charge < -0.3 is 14.6 Å². The number of carbonyl (C=O) groups excluding carboxylic acids is 1. The molecule has 0 amide bonds. The largest absolute Gasteiger partial charge is 0.382 e. The number of aromatic nitrogens is 3. The Morgan fingerprint density at radius 3 is 2.50 bits per heavy atom. The number of nitrogens with zero attached hydrogens (tertiary/aromatic N) is 4. The summed E-state index contributed by atoms with van der Waals surface area (Å²) >= 11 is 0. The third-order valence-electron chi connectivity index (χ3n) is 7.17. The summed E-state index contributed by atoms with van der Waals surface area (Å²) in [7, 11) is -4.36. The van der Waals surface area contributed by atoms with Gasteiger partial charge in [-0.15, -0.1) is 0 Å². The Morgan fingerprint density at radius 2 is 1.88 bits per heavy atom. The van der Waals surface area contributed by atoms with Gasteiger partial charge in [-0.25, -0.2) is 22.7 Å². The Balaban J connectivity index is 1.58. The SMILES string of the molecule is CC(C)(C)C(=O)c1cn(COCC[Si](C)(C)C)c2ncc(-c3cccc(NC4CCN(S(C)(=O)=O)CC4)c3)nc12. The predicted molar refractivity (Wildman–Crippen MR) is 164 cm³/mol. The van der Waals surface area contributed by atoms with Crippen LogP contribution in [0.2, 0.25) is 25.7 Å². The number of Topliss-reactive ketones (excluding diaryl/α,β-unsaturated/α-hetero) is 1. The highest BCUT2D eigenvalue weighted by Gasteiger charge is 2.28. The lowest BCUT2D eigenvalue weighted by molar-refractivity contribution is 0.0849. The Morgan fingerprint density at radius 1 is 1.18 bits per heavy atom. The van der Waals surface area contributed by atoms with E-state index >= 15 is 0 Å². The number of hydrogen-bond acceptors (Lipinski definition) is 7. The standard InChI is InChI=1S/C29H43N5O4SSi/c1-29(2,3)27(35)24-19-33(20-38-15-16-40(5,6)7)28-26(24)32-25(18-30-28)21-9-8-10-23(17-21)31-22-11-13-34(14-12-22)39(4,36)37/h8-10,17-19,22,31H,11-16,20H2,1-7H3. The molecule has 3 heterocycles. The average molecular weight is 586 g/mol. The lowest BCUT2D eigenvalue weighted by atomic mass is 9.87. The van der Waals surface area contributed by atoms with E-state index < -0.39 is 23.5 Å². The summed E-state index contributed by atoms with van der Waals surface area (Å²) in [5, 5.41) is 3.55. The number of piperidine rings is 1. The molecular weight excluding hydrogens is 543 g/mol. The third kappa shape index (κ3) is 7.57. The normalized spacial score (nSPS) is 16.0. The van der Waals surface area contributed by atoms with Gasteiger partial charge in [0.05, 0.1) is 23.7 Å². The average Bonchev–Trinajstić information content (AvgIpc) is 3.22.